The molecule has 1 amide bonds. The Bertz CT molecular complexity index is 218. The van der Waals surface area contributed by atoms with E-state index in [1.807, 2.05) is 13.8 Å². The average molecular weight is 184 g/mol. The first-order valence-corrected chi connectivity index (χ1v) is 4.58. The lowest BCUT2D eigenvalue weighted by molar-refractivity contribution is -0.135. The van der Waals surface area contributed by atoms with Gasteiger partial charge in [-0.15, -0.1) is 0 Å². The second kappa shape index (κ2) is 3.87. The topological polar surface area (TPSA) is 63.4 Å². The molecule has 1 fully saturated rings. The number of hydrogen-bond donors (Lipinski definition) is 1. The lowest BCUT2D eigenvalue weighted by Gasteiger charge is -2.25. The van der Waals surface area contributed by atoms with Crippen molar-refractivity contribution in [3.05, 3.63) is 0 Å². The first kappa shape index (κ1) is 10.2. The van der Waals surface area contributed by atoms with Crippen LogP contribution in [0.1, 0.15) is 20.3 Å². The van der Waals surface area contributed by atoms with Gasteiger partial charge >= 0.3 is 0 Å². The molecule has 0 aromatic heterocycles. The largest absolute Gasteiger partial charge is 0.329 e. The molecule has 0 spiro atoms. The van der Waals surface area contributed by atoms with Gasteiger partial charge in [0.25, 0.3) is 0 Å². The van der Waals surface area contributed by atoms with E-state index in [9.17, 15) is 9.59 Å². The SMILES string of the molecule is CC1[C@@H](C)CC(C=O)N1C(=O)CN. The number of nitrogens with zero attached hydrogens (tertiary/aromatic N) is 1. The standard InChI is InChI=1S/C9H16N2O2/c1-6-3-8(5-12)11(7(6)2)9(13)4-10/h5-8H,3-4,10H2,1-2H3/t6-,7?,8?/m0/s1. The summed E-state index contributed by atoms with van der Waals surface area (Å²) in [6.07, 6.45) is 1.60. The Hall–Kier alpha value is -0.900. The van der Waals surface area contributed by atoms with Crippen LogP contribution < -0.4 is 5.73 Å². The van der Waals surface area contributed by atoms with E-state index in [4.69, 9.17) is 5.73 Å². The monoisotopic (exact) mass is 184 g/mol. The summed E-state index contributed by atoms with van der Waals surface area (Å²) >= 11 is 0. The molecule has 1 aliphatic rings. The highest BCUT2D eigenvalue weighted by Gasteiger charge is 2.38. The Balaban J connectivity index is 2.79. The average Bonchev–Trinajstić information content (AvgIpc) is 2.42. The highest BCUT2D eigenvalue weighted by atomic mass is 16.2. The van der Waals surface area contributed by atoms with Gasteiger partial charge in [-0.2, -0.15) is 0 Å². The predicted octanol–water partition coefficient (Wildman–Crippen LogP) is -0.230. The molecule has 0 aromatic rings. The minimum atomic E-state index is -0.263. The molecule has 74 valence electrons. The molecular formula is C9H16N2O2. The van der Waals surface area contributed by atoms with Crippen LogP contribution in [0.2, 0.25) is 0 Å². The molecule has 1 saturated heterocycles. The maximum atomic E-state index is 11.4. The first-order valence-electron chi connectivity index (χ1n) is 4.58. The summed E-state index contributed by atoms with van der Waals surface area (Å²) < 4.78 is 0. The van der Waals surface area contributed by atoms with E-state index in [1.165, 1.54) is 0 Å². The van der Waals surface area contributed by atoms with Crippen LogP contribution in [0, 0.1) is 5.92 Å². The van der Waals surface area contributed by atoms with Gasteiger partial charge in [0, 0.05) is 6.04 Å². The molecular weight excluding hydrogens is 168 g/mol. The Kier molecular flexibility index (Phi) is 3.03. The minimum absolute atomic E-state index is 0.0125. The second-order valence-electron chi connectivity index (χ2n) is 3.66. The van der Waals surface area contributed by atoms with Crippen LogP contribution in [-0.4, -0.2) is 35.7 Å². The number of carbonyl (C=O) groups is 2. The van der Waals surface area contributed by atoms with Gasteiger partial charge in [-0.1, -0.05) is 6.92 Å². The fourth-order valence-corrected chi connectivity index (χ4v) is 1.91. The number of aldehydes is 1. The summed E-state index contributed by atoms with van der Waals surface area (Å²) in [4.78, 5) is 23.7. The first-order chi connectivity index (χ1) is 6.11. The number of carbonyl (C=O) groups excluding carboxylic acids is 2. The van der Waals surface area contributed by atoms with Crippen molar-refractivity contribution in [2.75, 3.05) is 6.54 Å². The highest BCUT2D eigenvalue weighted by molar-refractivity contribution is 5.82. The van der Waals surface area contributed by atoms with Gasteiger partial charge in [0.1, 0.15) is 6.29 Å². The van der Waals surface area contributed by atoms with Crippen LogP contribution in [0.25, 0.3) is 0 Å². The molecule has 4 heteroatoms. The normalized spacial score (nSPS) is 33.5. The molecule has 1 rings (SSSR count). The molecule has 0 aliphatic carbocycles. The molecule has 13 heavy (non-hydrogen) atoms. The smallest absolute Gasteiger partial charge is 0.237 e. The van der Waals surface area contributed by atoms with E-state index in [0.717, 1.165) is 12.7 Å². The van der Waals surface area contributed by atoms with Crippen LogP contribution in [0.5, 0.6) is 0 Å². The fourth-order valence-electron chi connectivity index (χ4n) is 1.91. The lowest BCUT2D eigenvalue weighted by atomic mass is 10.0. The van der Waals surface area contributed by atoms with Crippen molar-refractivity contribution in [3.8, 4) is 0 Å². The summed E-state index contributed by atoms with van der Waals surface area (Å²) in [5, 5.41) is 0. The van der Waals surface area contributed by atoms with Crippen LogP contribution in [0.3, 0.4) is 0 Å². The Morgan fingerprint density at radius 1 is 1.62 bits per heavy atom. The van der Waals surface area contributed by atoms with Gasteiger partial charge in [0.15, 0.2) is 0 Å². The quantitative estimate of drug-likeness (QED) is 0.603. The summed E-state index contributed by atoms with van der Waals surface area (Å²) in [5.74, 6) is 0.250. The predicted molar refractivity (Wildman–Crippen MR) is 49.0 cm³/mol. The number of rotatable bonds is 2. The lowest BCUT2D eigenvalue weighted by Crippen LogP contribution is -2.44. The Labute approximate surface area is 78.1 Å². The van der Waals surface area contributed by atoms with Crippen molar-refractivity contribution in [1.82, 2.24) is 4.90 Å². The second-order valence-corrected chi connectivity index (χ2v) is 3.66. The summed E-state index contributed by atoms with van der Waals surface area (Å²) in [5.41, 5.74) is 5.27. The van der Waals surface area contributed by atoms with Crippen LogP contribution in [0.15, 0.2) is 0 Å². The van der Waals surface area contributed by atoms with E-state index in [0.29, 0.717) is 5.92 Å². The molecule has 1 heterocycles. The number of hydrogen-bond acceptors (Lipinski definition) is 3. The van der Waals surface area contributed by atoms with Gasteiger partial charge in [-0.25, -0.2) is 0 Å². The van der Waals surface area contributed by atoms with E-state index < -0.39 is 0 Å². The maximum absolute atomic E-state index is 11.4. The molecule has 1 aliphatic heterocycles. The number of likely N-dealkylation sites (tertiary alicyclic amines) is 1. The summed E-state index contributed by atoms with van der Waals surface area (Å²) in [6, 6.07) is -0.132. The van der Waals surface area contributed by atoms with Crippen LogP contribution >= 0.6 is 0 Å². The van der Waals surface area contributed by atoms with E-state index in [2.05, 4.69) is 0 Å². The molecule has 3 atom stereocenters. The molecule has 4 nitrogen and oxygen atoms in total. The van der Waals surface area contributed by atoms with Gasteiger partial charge in [-0.05, 0) is 19.3 Å². The highest BCUT2D eigenvalue weighted by Crippen LogP contribution is 2.28. The molecule has 2 unspecified atom stereocenters. The van der Waals surface area contributed by atoms with Crippen molar-refractivity contribution >= 4 is 12.2 Å². The molecule has 0 bridgehead atoms. The molecule has 2 N–H and O–H groups in total. The van der Waals surface area contributed by atoms with Crippen LogP contribution in [0.4, 0.5) is 0 Å². The van der Waals surface area contributed by atoms with Crippen molar-refractivity contribution in [3.63, 3.8) is 0 Å². The van der Waals surface area contributed by atoms with Gasteiger partial charge < -0.3 is 15.4 Å². The zero-order valence-corrected chi connectivity index (χ0v) is 8.06. The van der Waals surface area contributed by atoms with E-state index >= 15 is 0 Å². The molecule has 0 radical (unpaired) electrons. The van der Waals surface area contributed by atoms with Crippen LogP contribution in [-0.2, 0) is 9.59 Å². The molecule has 0 aromatic carbocycles. The summed E-state index contributed by atoms with van der Waals surface area (Å²) in [6.45, 7) is 3.99. The fraction of sp³-hybridized carbons (Fsp3) is 0.778. The zero-order chi connectivity index (χ0) is 10.0. The van der Waals surface area contributed by atoms with E-state index in [1.54, 1.807) is 4.90 Å². The zero-order valence-electron chi connectivity index (χ0n) is 8.06. The number of nitrogens with two attached hydrogens (primary N) is 1. The van der Waals surface area contributed by atoms with Gasteiger partial charge in [0.05, 0.1) is 12.6 Å². The van der Waals surface area contributed by atoms with E-state index in [-0.39, 0.29) is 24.5 Å². The Morgan fingerprint density at radius 3 is 2.69 bits per heavy atom. The van der Waals surface area contributed by atoms with Crippen molar-refractivity contribution in [2.45, 2.75) is 32.4 Å². The minimum Gasteiger partial charge on any atom is -0.329 e. The van der Waals surface area contributed by atoms with Crippen molar-refractivity contribution in [2.24, 2.45) is 11.7 Å². The van der Waals surface area contributed by atoms with Crippen molar-refractivity contribution < 1.29 is 9.59 Å². The van der Waals surface area contributed by atoms with Gasteiger partial charge in [0.2, 0.25) is 5.91 Å². The third-order valence-electron chi connectivity index (χ3n) is 2.85. The number of amides is 1. The third-order valence-corrected chi connectivity index (χ3v) is 2.85. The summed E-state index contributed by atoms with van der Waals surface area (Å²) in [7, 11) is 0. The third kappa shape index (κ3) is 1.72. The molecule has 0 saturated carbocycles. The Morgan fingerprint density at radius 2 is 2.23 bits per heavy atom. The van der Waals surface area contributed by atoms with Crippen molar-refractivity contribution in [1.29, 1.82) is 0 Å². The maximum Gasteiger partial charge on any atom is 0.237 e. The van der Waals surface area contributed by atoms with Gasteiger partial charge in [-0.3, -0.25) is 4.79 Å².